The second-order valence-corrected chi connectivity index (χ2v) is 21.6. The van der Waals surface area contributed by atoms with Crippen molar-refractivity contribution in [3.8, 4) is 0 Å². The highest BCUT2D eigenvalue weighted by atomic mass is 32.2. The topological polar surface area (TPSA) is 364 Å². The molecule has 7 atom stereocenters. The van der Waals surface area contributed by atoms with Crippen molar-refractivity contribution >= 4 is 69.1 Å². The molecule has 1 aliphatic heterocycles. The molecule has 0 saturated carbocycles. The van der Waals surface area contributed by atoms with Crippen molar-refractivity contribution in [2.45, 2.75) is 109 Å². The number of allylic oxidation sites excluding steroid dienone is 12. The zero-order chi connectivity index (χ0) is 52.5. The highest BCUT2D eigenvalue weighted by Gasteiger charge is 2.50. The fraction of sp³-hybridized carbons (Fsp3) is 0.535. The monoisotopic (exact) mass is 1080 g/mol. The van der Waals surface area contributed by atoms with Crippen molar-refractivity contribution < 1.29 is 80.5 Å². The molecule has 3 rings (SSSR count). The van der Waals surface area contributed by atoms with Crippen LogP contribution in [0.5, 0.6) is 0 Å². The van der Waals surface area contributed by atoms with Gasteiger partial charge in [0.25, 0.3) is 0 Å². The number of aliphatic hydroxyl groups is 2. The Kier molecular flexibility index (Phi) is 26.7. The Morgan fingerprint density at radius 1 is 0.845 bits per heavy atom. The number of hydrogen-bond donors (Lipinski definition) is 9. The fourth-order valence-electron chi connectivity index (χ4n) is 6.21. The van der Waals surface area contributed by atoms with Crippen molar-refractivity contribution in [2.75, 3.05) is 37.8 Å². The Morgan fingerprint density at radius 2 is 1.42 bits per heavy atom. The van der Waals surface area contributed by atoms with Crippen LogP contribution in [0.25, 0.3) is 11.2 Å². The Labute approximate surface area is 416 Å². The maximum absolute atomic E-state index is 12.7. The number of nitrogens with zero attached hydrogens (tertiary/aromatic N) is 4. The number of nitrogen functional groups attached to an aromatic ring is 1. The van der Waals surface area contributed by atoms with Gasteiger partial charge in [-0.3, -0.25) is 32.5 Å². The van der Waals surface area contributed by atoms with Crippen molar-refractivity contribution in [3.05, 3.63) is 85.6 Å². The highest BCUT2D eigenvalue weighted by molar-refractivity contribution is 8.13. The van der Waals surface area contributed by atoms with Gasteiger partial charge in [-0.2, -0.15) is 4.31 Å². The number of phosphoric acid groups is 3. The number of nitrogens with two attached hydrogens (primary N) is 1. The molecule has 2 aromatic rings. The molecule has 0 bridgehead atoms. The van der Waals surface area contributed by atoms with Crippen LogP contribution in [0.15, 0.2) is 85.6 Å². The van der Waals surface area contributed by atoms with Gasteiger partial charge in [-0.15, -0.1) is 0 Å². The zero-order valence-corrected chi connectivity index (χ0v) is 43.2. The lowest BCUT2D eigenvalue weighted by atomic mass is 9.87. The summed E-state index contributed by atoms with van der Waals surface area (Å²) in [4.78, 5) is 88.4. The van der Waals surface area contributed by atoms with Gasteiger partial charge < -0.3 is 50.9 Å². The standard InChI is InChI=1S/C43H66N7O17P3S/c1-4-5-6-7-8-9-10-11-12-13-14-15-16-17-18-19-20-21-22-23-34(52)71-27-26-45-33(51)24-25-46-41(55)38(54)43(2,3)29-64-70(61,62)67-69(59,60)63-28-32-37(66-68(56,57)58)36(53)42(65-32)50-31-49-35-39(44)47-30-48-40(35)50/h5-6,8-9,11-12,14-15,17-18,20-21,30-32,36-38,42,53-54H,4,7,10,13,16,19,22-29H2,1-3H3,(H,45,51)(H,46,55)(H,59,60)(H,61,62)(H2,44,47,48)(H2,56,57,58)/b6-5-,9-8-,12-11-,15-14-,18-17-,21-20-/t32-,36-,37-,38?,42-/m1/s1. The summed E-state index contributed by atoms with van der Waals surface area (Å²) in [6, 6.07) is 0. The summed E-state index contributed by atoms with van der Waals surface area (Å²) in [5.74, 6) is -1.11. The molecule has 0 aromatic carbocycles. The Bertz CT molecular complexity index is 2360. The van der Waals surface area contributed by atoms with Crippen LogP contribution < -0.4 is 16.4 Å². The fourth-order valence-corrected chi connectivity index (χ4v) is 9.73. The molecular weight excluding hydrogens is 1010 g/mol. The maximum Gasteiger partial charge on any atom is 0.481 e. The predicted octanol–water partition coefficient (Wildman–Crippen LogP) is 5.14. The van der Waals surface area contributed by atoms with Crippen molar-refractivity contribution in [3.63, 3.8) is 0 Å². The first kappa shape index (κ1) is 61.3. The summed E-state index contributed by atoms with van der Waals surface area (Å²) in [6.07, 6.45) is 24.9. The smallest absolute Gasteiger partial charge is 0.386 e. The molecule has 2 aromatic heterocycles. The van der Waals surface area contributed by atoms with Crippen LogP contribution in [0.1, 0.15) is 84.8 Å². The van der Waals surface area contributed by atoms with E-state index in [0.29, 0.717) is 18.6 Å². The number of ether oxygens (including phenoxy) is 1. The van der Waals surface area contributed by atoms with Crippen LogP contribution in [-0.2, 0) is 50.7 Å². The molecule has 10 N–H and O–H groups in total. The quantitative estimate of drug-likeness (QED) is 0.0254. The Morgan fingerprint density at radius 3 is 2.01 bits per heavy atom. The third-order valence-electron chi connectivity index (χ3n) is 9.88. The predicted molar refractivity (Wildman–Crippen MR) is 265 cm³/mol. The summed E-state index contributed by atoms with van der Waals surface area (Å²) >= 11 is 1.09. The zero-order valence-electron chi connectivity index (χ0n) is 39.7. The largest absolute Gasteiger partial charge is 0.481 e. The number of anilines is 1. The van der Waals surface area contributed by atoms with E-state index >= 15 is 0 Å². The molecule has 1 aliphatic rings. The first-order valence-electron chi connectivity index (χ1n) is 22.5. The van der Waals surface area contributed by atoms with Gasteiger partial charge in [0.15, 0.2) is 22.8 Å². The Balaban J connectivity index is 1.29. The summed E-state index contributed by atoms with van der Waals surface area (Å²) in [7, 11) is -16.4. The van der Waals surface area contributed by atoms with Crippen LogP contribution in [0.3, 0.4) is 0 Å². The minimum Gasteiger partial charge on any atom is -0.386 e. The molecular formula is C43H66N7O17P3S. The third kappa shape index (κ3) is 23.6. The number of phosphoric ester groups is 3. The Hall–Kier alpha value is -4.00. The maximum atomic E-state index is 12.7. The van der Waals surface area contributed by atoms with Gasteiger partial charge >= 0.3 is 23.5 Å². The summed E-state index contributed by atoms with van der Waals surface area (Å²) < 4.78 is 62.4. The van der Waals surface area contributed by atoms with E-state index in [1.165, 1.54) is 13.8 Å². The number of amides is 2. The number of carbonyl (C=O) groups excluding carboxylic acids is 3. The second-order valence-electron chi connectivity index (χ2n) is 16.2. The number of aliphatic hydroxyl groups excluding tert-OH is 2. The summed E-state index contributed by atoms with van der Waals surface area (Å²) in [5.41, 5.74) is 4.27. The van der Waals surface area contributed by atoms with Gasteiger partial charge in [0, 0.05) is 37.1 Å². The molecule has 0 spiro atoms. The number of carbonyl (C=O) groups is 3. The number of aromatic nitrogens is 4. The SMILES string of the molecule is CC/C=C\C/C=C\C/C=C\C/C=C\C/C=C\C/C=C\CCC(=O)SCCNC(=O)CCNC(=O)C(O)C(C)(C)COP(=O)(O)OP(=O)(O)OC[C@H]1O[C@@H](n2cnc3c(N)ncnc32)[C@H](O)[C@@H]1OP(=O)(O)O. The molecule has 3 unspecified atom stereocenters. The van der Waals surface area contributed by atoms with E-state index in [-0.39, 0.29) is 41.6 Å². The molecule has 2 amide bonds. The van der Waals surface area contributed by atoms with E-state index < -0.39 is 84.6 Å². The lowest BCUT2D eigenvalue weighted by Gasteiger charge is -2.30. The minimum atomic E-state index is -5.58. The lowest BCUT2D eigenvalue weighted by Crippen LogP contribution is -2.46. The van der Waals surface area contributed by atoms with Gasteiger partial charge in [0.1, 0.15) is 36.3 Å². The van der Waals surface area contributed by atoms with E-state index in [1.54, 1.807) is 0 Å². The van der Waals surface area contributed by atoms with Gasteiger partial charge in [-0.05, 0) is 44.9 Å². The normalized spacial score (nSPS) is 20.3. The van der Waals surface area contributed by atoms with Crippen LogP contribution in [-0.4, -0.2) is 123 Å². The van der Waals surface area contributed by atoms with Crippen molar-refractivity contribution in [1.29, 1.82) is 0 Å². The number of thioether (sulfide) groups is 1. The van der Waals surface area contributed by atoms with E-state index in [9.17, 15) is 57.9 Å². The van der Waals surface area contributed by atoms with Crippen LogP contribution in [0.2, 0.25) is 0 Å². The number of fused-ring (bicyclic) bond motifs is 1. The number of rotatable bonds is 33. The summed E-state index contributed by atoms with van der Waals surface area (Å²) in [5, 5.41) is 26.6. The molecule has 24 nitrogen and oxygen atoms in total. The van der Waals surface area contributed by atoms with Crippen molar-refractivity contribution in [1.82, 2.24) is 30.2 Å². The van der Waals surface area contributed by atoms with Gasteiger partial charge in [-0.25, -0.2) is 28.6 Å². The highest BCUT2D eigenvalue weighted by Crippen LogP contribution is 2.61. The van der Waals surface area contributed by atoms with E-state index in [2.05, 4.69) is 102 Å². The molecule has 1 fully saturated rings. The first-order valence-corrected chi connectivity index (χ1v) is 28.0. The average Bonchev–Trinajstić information content (AvgIpc) is 3.86. The number of nitrogens with one attached hydrogen (secondary N) is 2. The lowest BCUT2D eigenvalue weighted by molar-refractivity contribution is -0.137. The molecule has 1 saturated heterocycles. The molecule has 0 radical (unpaired) electrons. The average molecular weight is 1080 g/mol. The summed E-state index contributed by atoms with van der Waals surface area (Å²) in [6.45, 7) is 2.61. The van der Waals surface area contributed by atoms with Crippen LogP contribution in [0, 0.1) is 5.41 Å². The second kappa shape index (κ2) is 30.9. The van der Waals surface area contributed by atoms with Gasteiger partial charge in [-0.1, -0.05) is 105 Å². The molecule has 396 valence electrons. The van der Waals surface area contributed by atoms with Gasteiger partial charge in [0.05, 0.1) is 19.5 Å². The van der Waals surface area contributed by atoms with E-state index in [4.69, 9.17) is 19.5 Å². The van der Waals surface area contributed by atoms with Crippen molar-refractivity contribution in [2.24, 2.45) is 5.41 Å². The number of imidazole rings is 1. The van der Waals surface area contributed by atoms with Crippen LogP contribution >= 0.6 is 35.2 Å². The third-order valence-corrected chi connectivity index (χ3v) is 13.9. The van der Waals surface area contributed by atoms with E-state index in [1.807, 2.05) is 12.2 Å². The van der Waals surface area contributed by atoms with Crippen LogP contribution in [0.4, 0.5) is 5.82 Å². The van der Waals surface area contributed by atoms with E-state index in [0.717, 1.165) is 67.5 Å². The molecule has 28 heteroatoms. The molecule has 3 heterocycles. The first-order chi connectivity index (χ1) is 33.6. The minimum absolute atomic E-state index is 0.0179. The molecule has 71 heavy (non-hydrogen) atoms. The van der Waals surface area contributed by atoms with Gasteiger partial charge in [0.2, 0.25) is 11.8 Å². The molecule has 0 aliphatic carbocycles. The number of hydrogen-bond acceptors (Lipinski definition) is 18.